The zero-order valence-electron chi connectivity index (χ0n) is 20.7. The average molecular weight is 467 g/mol. The number of carbonyl (C=O) groups is 1. The van der Waals surface area contributed by atoms with Crippen LogP contribution in [0.15, 0.2) is 95.6 Å². The minimum absolute atomic E-state index is 0.0642. The molecule has 1 heterocycles. The maximum Gasteiger partial charge on any atom is 0.244 e. The highest BCUT2D eigenvalue weighted by atomic mass is 16.2. The van der Waals surface area contributed by atoms with Crippen molar-refractivity contribution in [3.8, 4) is 11.1 Å². The minimum Gasteiger partial charge on any atom is -0.402 e. The third-order valence-electron chi connectivity index (χ3n) is 6.29. The first-order valence-electron chi connectivity index (χ1n) is 12.2. The van der Waals surface area contributed by atoms with Gasteiger partial charge in [-0.3, -0.25) is 9.79 Å². The van der Waals surface area contributed by atoms with Crippen molar-refractivity contribution >= 4 is 17.3 Å². The summed E-state index contributed by atoms with van der Waals surface area (Å²) in [5.74, 6) is 0.0642. The summed E-state index contributed by atoms with van der Waals surface area (Å²) in [5.41, 5.74) is 13.4. The number of nitrogens with zero attached hydrogens (tertiary/aromatic N) is 3. The first-order valence-corrected chi connectivity index (χ1v) is 12.2. The molecule has 0 unspecified atom stereocenters. The van der Waals surface area contributed by atoms with Gasteiger partial charge in [0.1, 0.15) is 6.54 Å². The van der Waals surface area contributed by atoms with E-state index in [1.807, 2.05) is 18.7 Å². The number of piperazine rings is 1. The number of anilines is 1. The van der Waals surface area contributed by atoms with Crippen LogP contribution in [0.3, 0.4) is 0 Å². The largest absolute Gasteiger partial charge is 0.402 e. The predicted molar refractivity (Wildman–Crippen MR) is 146 cm³/mol. The summed E-state index contributed by atoms with van der Waals surface area (Å²) in [4.78, 5) is 21.3. The zero-order chi connectivity index (χ0) is 24.6. The summed E-state index contributed by atoms with van der Waals surface area (Å²) in [6.45, 7) is 6.86. The summed E-state index contributed by atoms with van der Waals surface area (Å²) in [6, 6.07) is 28.0. The van der Waals surface area contributed by atoms with Crippen LogP contribution in [0.25, 0.3) is 11.1 Å². The number of nitrogens with two attached hydrogens (primary N) is 1. The molecule has 0 aliphatic carbocycles. The van der Waals surface area contributed by atoms with Crippen molar-refractivity contribution in [1.82, 2.24) is 4.90 Å². The Kier molecular flexibility index (Phi) is 7.99. The van der Waals surface area contributed by atoms with Crippen molar-refractivity contribution in [3.05, 3.63) is 102 Å². The molecular formula is C30H34N4O. The van der Waals surface area contributed by atoms with Crippen LogP contribution in [-0.4, -0.2) is 49.2 Å². The van der Waals surface area contributed by atoms with Crippen molar-refractivity contribution in [2.24, 2.45) is 10.7 Å². The highest BCUT2D eigenvalue weighted by Crippen LogP contribution is 2.32. The lowest BCUT2D eigenvalue weighted by molar-refractivity contribution is -0.129. The van der Waals surface area contributed by atoms with Crippen LogP contribution >= 0.6 is 0 Å². The van der Waals surface area contributed by atoms with Gasteiger partial charge in [-0.25, -0.2) is 0 Å². The van der Waals surface area contributed by atoms with E-state index in [2.05, 4.69) is 88.8 Å². The molecule has 0 bridgehead atoms. The van der Waals surface area contributed by atoms with E-state index < -0.39 is 0 Å². The second kappa shape index (κ2) is 11.5. The summed E-state index contributed by atoms with van der Waals surface area (Å²) in [6.07, 6.45) is 2.72. The molecule has 4 rings (SSSR count). The molecule has 180 valence electrons. The Morgan fingerprint density at radius 3 is 2.17 bits per heavy atom. The second-order valence-corrected chi connectivity index (χ2v) is 9.09. The van der Waals surface area contributed by atoms with Gasteiger partial charge in [0, 0.05) is 48.8 Å². The number of allylic oxidation sites excluding steroid dienone is 2. The van der Waals surface area contributed by atoms with Crippen molar-refractivity contribution in [2.45, 2.75) is 20.3 Å². The molecule has 35 heavy (non-hydrogen) atoms. The van der Waals surface area contributed by atoms with Crippen LogP contribution in [0, 0.1) is 0 Å². The van der Waals surface area contributed by atoms with E-state index in [-0.39, 0.29) is 12.5 Å². The highest BCUT2D eigenvalue weighted by molar-refractivity contribution is 5.94. The fraction of sp³-hybridized carbons (Fsp3) is 0.267. The Morgan fingerprint density at radius 2 is 1.49 bits per heavy atom. The molecule has 3 aromatic rings. The van der Waals surface area contributed by atoms with Crippen molar-refractivity contribution < 1.29 is 4.79 Å². The van der Waals surface area contributed by atoms with E-state index in [1.54, 1.807) is 6.08 Å². The lowest BCUT2D eigenvalue weighted by Crippen LogP contribution is -2.49. The van der Waals surface area contributed by atoms with E-state index in [9.17, 15) is 4.79 Å². The van der Waals surface area contributed by atoms with E-state index in [0.717, 1.165) is 25.2 Å². The van der Waals surface area contributed by atoms with Gasteiger partial charge in [0.05, 0.1) is 0 Å². The van der Waals surface area contributed by atoms with E-state index in [1.165, 1.54) is 27.9 Å². The fourth-order valence-corrected chi connectivity index (χ4v) is 4.49. The van der Waals surface area contributed by atoms with Gasteiger partial charge < -0.3 is 15.5 Å². The Bertz CT molecular complexity index is 1190. The number of benzene rings is 3. The molecule has 5 nitrogen and oxygen atoms in total. The zero-order valence-corrected chi connectivity index (χ0v) is 20.7. The Morgan fingerprint density at radius 1 is 0.857 bits per heavy atom. The predicted octanol–water partition coefficient (Wildman–Crippen LogP) is 4.92. The van der Waals surface area contributed by atoms with Crippen LogP contribution in [-0.2, 0) is 11.2 Å². The molecule has 0 atom stereocenters. The number of amides is 1. The van der Waals surface area contributed by atoms with Gasteiger partial charge in [0.25, 0.3) is 0 Å². The monoisotopic (exact) mass is 466 g/mol. The summed E-state index contributed by atoms with van der Waals surface area (Å²) >= 11 is 0. The molecule has 1 saturated heterocycles. The van der Waals surface area contributed by atoms with Crippen LogP contribution in [0.5, 0.6) is 0 Å². The van der Waals surface area contributed by atoms with Crippen LogP contribution < -0.4 is 10.6 Å². The van der Waals surface area contributed by atoms with Gasteiger partial charge in [0.15, 0.2) is 0 Å². The third kappa shape index (κ3) is 6.60. The molecule has 0 spiro atoms. The summed E-state index contributed by atoms with van der Waals surface area (Å²) in [5, 5.41) is 0. The van der Waals surface area contributed by atoms with Gasteiger partial charge in [-0.05, 0) is 49.1 Å². The Balaban J connectivity index is 1.40. The van der Waals surface area contributed by atoms with E-state index in [4.69, 9.17) is 5.73 Å². The number of aliphatic imine (C=N–C) groups is 1. The van der Waals surface area contributed by atoms with E-state index in [0.29, 0.717) is 18.8 Å². The summed E-state index contributed by atoms with van der Waals surface area (Å²) < 4.78 is 0. The first-order chi connectivity index (χ1) is 17.0. The van der Waals surface area contributed by atoms with Gasteiger partial charge in [0.2, 0.25) is 5.91 Å². The molecule has 2 N–H and O–H groups in total. The number of rotatable bonds is 7. The number of hydrogen-bond donors (Lipinski definition) is 1. The second-order valence-electron chi connectivity index (χ2n) is 9.09. The molecule has 0 saturated carbocycles. The minimum atomic E-state index is 0.0642. The lowest BCUT2D eigenvalue weighted by atomic mass is 9.98. The molecule has 0 radical (unpaired) electrons. The van der Waals surface area contributed by atoms with Crippen molar-refractivity contribution in [1.29, 1.82) is 0 Å². The Labute approximate surface area is 208 Å². The van der Waals surface area contributed by atoms with Gasteiger partial charge in [-0.2, -0.15) is 0 Å². The van der Waals surface area contributed by atoms with Crippen LogP contribution in [0.2, 0.25) is 0 Å². The van der Waals surface area contributed by atoms with E-state index >= 15 is 0 Å². The molecular weight excluding hydrogens is 432 g/mol. The normalized spacial score (nSPS) is 14.8. The molecule has 1 fully saturated rings. The van der Waals surface area contributed by atoms with Crippen LogP contribution in [0.1, 0.15) is 25.0 Å². The van der Waals surface area contributed by atoms with Crippen molar-refractivity contribution in [2.75, 3.05) is 37.6 Å². The highest BCUT2D eigenvalue weighted by Gasteiger charge is 2.22. The third-order valence-corrected chi connectivity index (χ3v) is 6.29. The quantitative estimate of drug-likeness (QED) is 0.503. The van der Waals surface area contributed by atoms with Crippen molar-refractivity contribution in [3.63, 3.8) is 0 Å². The van der Waals surface area contributed by atoms with Gasteiger partial charge in [-0.15, -0.1) is 0 Å². The maximum atomic E-state index is 12.6. The molecule has 0 aromatic heterocycles. The van der Waals surface area contributed by atoms with Gasteiger partial charge in [-0.1, -0.05) is 72.8 Å². The first kappa shape index (κ1) is 24.3. The maximum absolute atomic E-state index is 12.6. The number of carbonyl (C=O) groups excluding carboxylic acids is 1. The fourth-order valence-electron chi connectivity index (χ4n) is 4.49. The standard InChI is InChI=1S/C30H34N4O/c1-23(31)20-24(2)32-22-30(35)34-18-16-33(17-19-34)29-11-7-6-10-28(29)27-14-12-26(13-15-27)21-25-8-4-3-5-9-25/h3-15,20H,16-19,21-22,31H2,1-2H3. The number of para-hydroxylation sites is 1. The Hall–Kier alpha value is -3.86. The SMILES string of the molecule is CC(N)=CC(C)=NCC(=O)N1CCN(c2ccccc2-c2ccc(Cc3ccccc3)cc2)CC1. The molecule has 1 aliphatic heterocycles. The topological polar surface area (TPSA) is 61.9 Å². The summed E-state index contributed by atoms with van der Waals surface area (Å²) in [7, 11) is 0. The lowest BCUT2D eigenvalue weighted by Gasteiger charge is -2.37. The van der Waals surface area contributed by atoms with Gasteiger partial charge >= 0.3 is 0 Å². The van der Waals surface area contributed by atoms with Crippen LogP contribution in [0.4, 0.5) is 5.69 Å². The average Bonchev–Trinajstić information content (AvgIpc) is 2.88. The molecule has 1 aliphatic rings. The molecule has 5 heteroatoms. The molecule has 3 aromatic carbocycles. The smallest absolute Gasteiger partial charge is 0.244 e. The molecule has 1 amide bonds. The number of hydrogen-bond acceptors (Lipinski definition) is 4.